The van der Waals surface area contributed by atoms with Gasteiger partial charge in [0.15, 0.2) is 0 Å². The average Bonchev–Trinajstić information content (AvgIpc) is 3.12. The highest BCUT2D eigenvalue weighted by atomic mass is 35.5. The fourth-order valence-corrected chi connectivity index (χ4v) is 3.04. The molecule has 7 heteroatoms. The molecule has 0 saturated carbocycles. The summed E-state index contributed by atoms with van der Waals surface area (Å²) in [7, 11) is 0. The lowest BCUT2D eigenvalue weighted by Gasteiger charge is -2.04. The maximum absolute atomic E-state index is 5.91. The normalized spacial score (nSPS) is 11.0. The summed E-state index contributed by atoms with van der Waals surface area (Å²) in [5.41, 5.74) is 2.08. The number of rotatable bonds is 8. The van der Waals surface area contributed by atoms with Crippen LogP contribution in [-0.2, 0) is 5.75 Å². The molecular formula is C19H17ClN4OS. The number of ether oxygens (including phenoxy) is 1. The summed E-state index contributed by atoms with van der Waals surface area (Å²) in [6, 6.07) is 15.4. The molecule has 3 rings (SSSR count). The van der Waals surface area contributed by atoms with Crippen molar-refractivity contribution in [2.45, 2.75) is 10.9 Å². The second-order valence-electron chi connectivity index (χ2n) is 5.29. The lowest BCUT2D eigenvalue weighted by molar-refractivity contribution is 0.363. The zero-order chi connectivity index (χ0) is 18.2. The second kappa shape index (κ2) is 9.22. The number of benzene rings is 2. The fourth-order valence-electron chi connectivity index (χ4n) is 2.09. The Kier molecular flexibility index (Phi) is 6.46. The second-order valence-corrected chi connectivity index (χ2v) is 6.67. The summed E-state index contributed by atoms with van der Waals surface area (Å²) in [6.45, 7) is 4.11. The van der Waals surface area contributed by atoms with Crippen LogP contribution in [0.4, 0.5) is 0 Å². The Morgan fingerprint density at radius 1 is 1.23 bits per heavy atom. The molecule has 0 amide bonds. The molecule has 0 aliphatic carbocycles. The third-order valence-electron chi connectivity index (χ3n) is 3.34. The third kappa shape index (κ3) is 5.21. The molecule has 0 saturated heterocycles. The van der Waals surface area contributed by atoms with Crippen molar-refractivity contribution in [2.75, 3.05) is 6.61 Å². The number of hydrogen-bond donors (Lipinski definition) is 0. The number of halogens is 1. The lowest BCUT2D eigenvalue weighted by Crippen LogP contribution is -1.95. The van der Waals surface area contributed by atoms with Gasteiger partial charge in [0.1, 0.15) is 18.7 Å². The van der Waals surface area contributed by atoms with Crippen LogP contribution in [0.1, 0.15) is 11.1 Å². The smallest absolute Gasteiger partial charge is 0.212 e. The first-order valence-corrected chi connectivity index (χ1v) is 9.26. The molecule has 0 aliphatic rings. The van der Waals surface area contributed by atoms with Crippen LogP contribution in [0.25, 0.3) is 0 Å². The van der Waals surface area contributed by atoms with Gasteiger partial charge >= 0.3 is 0 Å². The first-order valence-electron chi connectivity index (χ1n) is 7.90. The minimum Gasteiger partial charge on any atom is -0.490 e. The Morgan fingerprint density at radius 3 is 2.88 bits per heavy atom. The van der Waals surface area contributed by atoms with Crippen LogP contribution in [-0.4, -0.2) is 27.7 Å². The van der Waals surface area contributed by atoms with Crippen LogP contribution in [0.2, 0.25) is 5.02 Å². The van der Waals surface area contributed by atoms with E-state index >= 15 is 0 Å². The quantitative estimate of drug-likeness (QED) is 0.321. The molecule has 0 N–H and O–H groups in total. The molecule has 132 valence electrons. The van der Waals surface area contributed by atoms with Gasteiger partial charge < -0.3 is 4.74 Å². The molecule has 0 radical (unpaired) electrons. The van der Waals surface area contributed by atoms with E-state index in [4.69, 9.17) is 16.3 Å². The van der Waals surface area contributed by atoms with Crippen LogP contribution in [0, 0.1) is 0 Å². The van der Waals surface area contributed by atoms with Gasteiger partial charge in [0, 0.05) is 10.8 Å². The first kappa shape index (κ1) is 18.2. The van der Waals surface area contributed by atoms with Gasteiger partial charge in [0.2, 0.25) is 5.16 Å². The SMILES string of the molecule is C=CCOc1cccc(/C=N\n2cnnc2SCc2ccc(Cl)cc2)c1. The van der Waals surface area contributed by atoms with E-state index in [0.717, 1.165) is 32.8 Å². The molecule has 0 unspecified atom stereocenters. The van der Waals surface area contributed by atoms with E-state index < -0.39 is 0 Å². The molecule has 0 spiro atoms. The van der Waals surface area contributed by atoms with Crippen molar-refractivity contribution in [1.29, 1.82) is 0 Å². The standard InChI is InChI=1S/C19H17ClN4OS/c1-2-10-25-18-5-3-4-16(11-18)12-22-24-14-21-23-19(24)26-13-15-6-8-17(20)9-7-15/h2-9,11-12,14H,1,10,13H2/b22-12-. The van der Waals surface area contributed by atoms with Crippen molar-refractivity contribution in [3.63, 3.8) is 0 Å². The van der Waals surface area contributed by atoms with E-state index in [2.05, 4.69) is 21.9 Å². The fraction of sp³-hybridized carbons (Fsp3) is 0.105. The van der Waals surface area contributed by atoms with Crippen molar-refractivity contribution in [1.82, 2.24) is 14.9 Å². The summed E-state index contributed by atoms with van der Waals surface area (Å²) in [6.07, 6.45) is 5.04. The monoisotopic (exact) mass is 384 g/mol. The number of hydrogen-bond acceptors (Lipinski definition) is 5. The lowest BCUT2D eigenvalue weighted by atomic mass is 10.2. The summed E-state index contributed by atoms with van der Waals surface area (Å²) >= 11 is 7.47. The van der Waals surface area contributed by atoms with Crippen LogP contribution >= 0.6 is 23.4 Å². The summed E-state index contributed by atoms with van der Waals surface area (Å²) in [5.74, 6) is 1.53. The zero-order valence-corrected chi connectivity index (χ0v) is 15.5. The number of thioether (sulfide) groups is 1. The maximum Gasteiger partial charge on any atom is 0.212 e. The van der Waals surface area contributed by atoms with Gasteiger partial charge in [-0.05, 0) is 35.4 Å². The number of nitrogens with zero attached hydrogens (tertiary/aromatic N) is 4. The highest BCUT2D eigenvalue weighted by molar-refractivity contribution is 7.98. The van der Waals surface area contributed by atoms with Crippen LogP contribution in [0.5, 0.6) is 5.75 Å². The van der Waals surface area contributed by atoms with Gasteiger partial charge in [-0.2, -0.15) is 9.78 Å². The highest BCUT2D eigenvalue weighted by Gasteiger charge is 2.05. The molecule has 1 aromatic heterocycles. The van der Waals surface area contributed by atoms with Gasteiger partial charge in [-0.1, -0.05) is 60.3 Å². The molecule has 3 aromatic rings. The Labute approximate surface area is 161 Å². The Balaban J connectivity index is 1.65. The molecule has 0 aliphatic heterocycles. The van der Waals surface area contributed by atoms with E-state index in [-0.39, 0.29) is 0 Å². The van der Waals surface area contributed by atoms with Crippen LogP contribution in [0.15, 0.2) is 77.8 Å². The topological polar surface area (TPSA) is 52.3 Å². The largest absolute Gasteiger partial charge is 0.490 e. The van der Waals surface area contributed by atoms with Crippen molar-refractivity contribution in [3.8, 4) is 5.75 Å². The summed E-state index contributed by atoms with van der Waals surface area (Å²) < 4.78 is 7.18. The molecule has 2 aromatic carbocycles. The van der Waals surface area contributed by atoms with Gasteiger partial charge in [-0.3, -0.25) is 0 Å². The molecule has 0 atom stereocenters. The molecule has 5 nitrogen and oxygen atoms in total. The maximum atomic E-state index is 5.91. The molecule has 0 bridgehead atoms. The van der Waals surface area contributed by atoms with E-state index in [1.54, 1.807) is 35.1 Å². The molecular weight excluding hydrogens is 368 g/mol. The van der Waals surface area contributed by atoms with E-state index in [1.165, 1.54) is 0 Å². The van der Waals surface area contributed by atoms with Crippen molar-refractivity contribution in [3.05, 3.63) is 83.7 Å². The predicted octanol–water partition coefficient (Wildman–Crippen LogP) is 4.67. The van der Waals surface area contributed by atoms with E-state index in [1.807, 2.05) is 48.5 Å². The first-order chi connectivity index (χ1) is 12.7. The van der Waals surface area contributed by atoms with Crippen molar-refractivity contribution in [2.24, 2.45) is 5.10 Å². The molecule has 0 fully saturated rings. The van der Waals surface area contributed by atoms with E-state index in [9.17, 15) is 0 Å². The predicted molar refractivity (Wildman–Crippen MR) is 106 cm³/mol. The molecule has 1 heterocycles. The van der Waals surface area contributed by atoms with Gasteiger partial charge in [-0.15, -0.1) is 10.2 Å². The van der Waals surface area contributed by atoms with Gasteiger partial charge in [0.05, 0.1) is 6.21 Å². The Hall–Kier alpha value is -2.57. The summed E-state index contributed by atoms with van der Waals surface area (Å²) in [4.78, 5) is 0. The molecule has 26 heavy (non-hydrogen) atoms. The highest BCUT2D eigenvalue weighted by Crippen LogP contribution is 2.21. The van der Waals surface area contributed by atoms with Gasteiger partial charge in [0.25, 0.3) is 0 Å². The minimum atomic E-state index is 0.470. The Morgan fingerprint density at radius 2 is 2.08 bits per heavy atom. The van der Waals surface area contributed by atoms with Crippen molar-refractivity contribution >= 4 is 29.6 Å². The zero-order valence-electron chi connectivity index (χ0n) is 14.0. The number of aromatic nitrogens is 3. The van der Waals surface area contributed by atoms with Gasteiger partial charge in [-0.25, -0.2) is 0 Å². The third-order valence-corrected chi connectivity index (χ3v) is 4.60. The minimum absolute atomic E-state index is 0.470. The Bertz CT molecular complexity index is 893. The van der Waals surface area contributed by atoms with Crippen molar-refractivity contribution < 1.29 is 4.74 Å². The van der Waals surface area contributed by atoms with Crippen LogP contribution in [0.3, 0.4) is 0 Å². The summed E-state index contributed by atoms with van der Waals surface area (Å²) in [5, 5.41) is 13.9. The van der Waals surface area contributed by atoms with Crippen LogP contribution < -0.4 is 4.74 Å². The van der Waals surface area contributed by atoms with E-state index in [0.29, 0.717) is 6.61 Å². The average molecular weight is 385 g/mol.